The highest BCUT2D eigenvalue weighted by molar-refractivity contribution is 4.30. The summed E-state index contributed by atoms with van der Waals surface area (Å²) in [5.74, 6) is 0. The van der Waals surface area contributed by atoms with Gasteiger partial charge in [0.15, 0.2) is 0 Å². The Morgan fingerprint density at radius 1 is 1.00 bits per heavy atom. The predicted molar refractivity (Wildman–Crippen MR) is 52.9 cm³/mol. The molecule has 78 valence electrons. The molecule has 4 heteroatoms. The summed E-state index contributed by atoms with van der Waals surface area (Å²) in [6, 6.07) is 0. The Balaban J connectivity index is -0.000000126. The fraction of sp³-hybridized carbons (Fsp3) is 1.00. The Kier molecular flexibility index (Phi) is 19.9. The van der Waals surface area contributed by atoms with Gasteiger partial charge in [-0.3, -0.25) is 9.80 Å². The van der Waals surface area contributed by atoms with Crippen molar-refractivity contribution in [2.45, 2.75) is 14.4 Å². The molecule has 0 saturated heterocycles. The fourth-order valence-electron chi connectivity index (χ4n) is 0.1000. The second kappa shape index (κ2) is 13.4. The Morgan fingerprint density at radius 2 is 1.33 bits per heavy atom. The minimum atomic E-state index is 0. The Bertz CT molecular complexity index is 66.1. The molecule has 0 bridgehead atoms. The molecule has 0 aliphatic heterocycles. The van der Waals surface area contributed by atoms with E-state index in [1.165, 1.54) is 0 Å². The van der Waals surface area contributed by atoms with E-state index in [0.717, 1.165) is 6.54 Å². The Hall–Kier alpha value is -0.160. The van der Waals surface area contributed by atoms with E-state index in [1.54, 1.807) is 23.9 Å². The molecule has 0 aromatic carbocycles. The third kappa shape index (κ3) is 22.5. The maximum Gasteiger partial charge on any atom is 0.0953 e. The summed E-state index contributed by atoms with van der Waals surface area (Å²) >= 11 is 0. The molecule has 0 heterocycles. The van der Waals surface area contributed by atoms with Crippen molar-refractivity contribution in [1.29, 1.82) is 0 Å². The van der Waals surface area contributed by atoms with Crippen molar-refractivity contribution in [2.24, 2.45) is 0 Å². The first-order valence-electron chi connectivity index (χ1n) is 3.63. The quantitative estimate of drug-likeness (QED) is 0.601. The SMILES string of the molecule is C.CCN(C)CO.CN(C)CO. The highest BCUT2D eigenvalue weighted by Crippen LogP contribution is 1.71. The molecule has 0 atom stereocenters. The summed E-state index contributed by atoms with van der Waals surface area (Å²) in [5.41, 5.74) is 0. The van der Waals surface area contributed by atoms with Crippen LogP contribution in [0.25, 0.3) is 0 Å². The summed E-state index contributed by atoms with van der Waals surface area (Å²) in [7, 11) is 5.47. The third-order valence-electron chi connectivity index (χ3n) is 1.06. The predicted octanol–water partition coefficient (Wildman–Crippen LogP) is 0.0218. The maximum absolute atomic E-state index is 8.26. The topological polar surface area (TPSA) is 46.9 Å². The van der Waals surface area contributed by atoms with Crippen LogP contribution in [0.4, 0.5) is 0 Å². The van der Waals surface area contributed by atoms with Crippen LogP contribution in [-0.4, -0.2) is 61.2 Å². The number of aliphatic hydroxyl groups is 2. The van der Waals surface area contributed by atoms with Crippen LogP contribution in [0.3, 0.4) is 0 Å². The lowest BCUT2D eigenvalue weighted by atomic mass is 10.7. The molecule has 2 N–H and O–H groups in total. The van der Waals surface area contributed by atoms with Crippen molar-refractivity contribution in [3.8, 4) is 0 Å². The summed E-state index contributed by atoms with van der Waals surface area (Å²) in [4.78, 5) is 3.49. The van der Waals surface area contributed by atoms with Gasteiger partial charge in [0, 0.05) is 0 Å². The summed E-state index contributed by atoms with van der Waals surface area (Å²) in [6.07, 6.45) is 0. The molecule has 0 rings (SSSR count). The second-order valence-electron chi connectivity index (χ2n) is 2.53. The molecule has 0 unspecified atom stereocenters. The fourth-order valence-corrected chi connectivity index (χ4v) is 0.1000. The average molecular weight is 180 g/mol. The first-order valence-corrected chi connectivity index (χ1v) is 3.63. The number of rotatable bonds is 3. The molecular formula is C8H24N2O2. The molecule has 0 spiro atoms. The van der Waals surface area contributed by atoms with Gasteiger partial charge >= 0.3 is 0 Å². The monoisotopic (exact) mass is 180 g/mol. The Labute approximate surface area is 76.4 Å². The number of hydrogen-bond acceptors (Lipinski definition) is 4. The zero-order valence-electron chi connectivity index (χ0n) is 7.91. The summed E-state index contributed by atoms with van der Waals surface area (Å²) in [6.45, 7) is 3.21. The van der Waals surface area contributed by atoms with Gasteiger partial charge in [-0.15, -0.1) is 0 Å². The summed E-state index contributed by atoms with van der Waals surface area (Å²) in [5, 5.41) is 16.3. The van der Waals surface area contributed by atoms with Crippen LogP contribution in [0.15, 0.2) is 0 Å². The van der Waals surface area contributed by atoms with Crippen LogP contribution in [0.5, 0.6) is 0 Å². The van der Waals surface area contributed by atoms with E-state index in [9.17, 15) is 0 Å². The van der Waals surface area contributed by atoms with Crippen LogP contribution in [0.1, 0.15) is 14.4 Å². The molecule has 0 aromatic heterocycles. The first kappa shape index (κ1) is 17.8. The van der Waals surface area contributed by atoms with Gasteiger partial charge in [-0.25, -0.2) is 0 Å². The lowest BCUT2D eigenvalue weighted by Crippen LogP contribution is -2.17. The van der Waals surface area contributed by atoms with Gasteiger partial charge in [-0.2, -0.15) is 0 Å². The van der Waals surface area contributed by atoms with E-state index < -0.39 is 0 Å². The van der Waals surface area contributed by atoms with Crippen LogP contribution in [0.2, 0.25) is 0 Å². The average Bonchev–Trinajstić information content (AvgIpc) is 2.04. The Morgan fingerprint density at radius 3 is 1.33 bits per heavy atom. The minimum absolute atomic E-state index is 0. The van der Waals surface area contributed by atoms with E-state index in [0.29, 0.717) is 0 Å². The van der Waals surface area contributed by atoms with Crippen LogP contribution in [-0.2, 0) is 0 Å². The molecule has 4 nitrogen and oxygen atoms in total. The van der Waals surface area contributed by atoms with Gasteiger partial charge < -0.3 is 10.2 Å². The highest BCUT2D eigenvalue weighted by Gasteiger charge is 1.82. The molecular weight excluding hydrogens is 156 g/mol. The van der Waals surface area contributed by atoms with Crippen LogP contribution < -0.4 is 0 Å². The van der Waals surface area contributed by atoms with Crippen molar-refractivity contribution >= 4 is 0 Å². The van der Waals surface area contributed by atoms with Crippen LogP contribution >= 0.6 is 0 Å². The molecule has 12 heavy (non-hydrogen) atoms. The van der Waals surface area contributed by atoms with Gasteiger partial charge in [0.25, 0.3) is 0 Å². The smallest absolute Gasteiger partial charge is 0.0953 e. The second-order valence-corrected chi connectivity index (χ2v) is 2.53. The van der Waals surface area contributed by atoms with Crippen LogP contribution in [0, 0.1) is 0 Å². The third-order valence-corrected chi connectivity index (χ3v) is 1.06. The molecule has 0 fully saturated rings. The minimum Gasteiger partial charge on any atom is -0.381 e. The van der Waals surface area contributed by atoms with E-state index >= 15 is 0 Å². The molecule has 0 aromatic rings. The van der Waals surface area contributed by atoms with Gasteiger partial charge in [0.1, 0.15) is 0 Å². The van der Waals surface area contributed by atoms with E-state index in [1.807, 2.05) is 14.0 Å². The molecule has 0 aliphatic carbocycles. The van der Waals surface area contributed by atoms with Gasteiger partial charge in [-0.05, 0) is 27.7 Å². The number of aliphatic hydroxyl groups excluding tert-OH is 2. The van der Waals surface area contributed by atoms with E-state index in [4.69, 9.17) is 10.2 Å². The molecule has 0 radical (unpaired) electrons. The number of nitrogens with zero attached hydrogens (tertiary/aromatic N) is 2. The lowest BCUT2D eigenvalue weighted by Gasteiger charge is -2.06. The largest absolute Gasteiger partial charge is 0.381 e. The van der Waals surface area contributed by atoms with Gasteiger partial charge in [0.2, 0.25) is 0 Å². The van der Waals surface area contributed by atoms with E-state index in [-0.39, 0.29) is 20.9 Å². The van der Waals surface area contributed by atoms with Gasteiger partial charge in [0.05, 0.1) is 13.5 Å². The zero-order valence-corrected chi connectivity index (χ0v) is 7.91. The van der Waals surface area contributed by atoms with E-state index in [2.05, 4.69) is 0 Å². The zero-order chi connectivity index (χ0) is 9.28. The molecule has 0 saturated carbocycles. The van der Waals surface area contributed by atoms with Crippen molar-refractivity contribution < 1.29 is 10.2 Å². The number of hydrogen-bond donors (Lipinski definition) is 2. The van der Waals surface area contributed by atoms with Crippen molar-refractivity contribution in [3.05, 3.63) is 0 Å². The maximum atomic E-state index is 8.26. The van der Waals surface area contributed by atoms with Gasteiger partial charge in [-0.1, -0.05) is 14.4 Å². The van der Waals surface area contributed by atoms with Crippen molar-refractivity contribution in [1.82, 2.24) is 9.80 Å². The molecule has 0 aliphatic rings. The standard InChI is InChI=1S/C4H11NO.C3H9NO.CH4/c1-3-5(2)4-6;1-4(2)3-5;/h6H,3-4H2,1-2H3;5H,3H2,1-2H3;1H4. The molecule has 0 amide bonds. The lowest BCUT2D eigenvalue weighted by molar-refractivity contribution is 0.138. The normalized spacial score (nSPS) is 9.00. The first-order chi connectivity index (χ1) is 5.08. The van der Waals surface area contributed by atoms with Crippen molar-refractivity contribution in [2.75, 3.05) is 41.1 Å². The highest BCUT2D eigenvalue weighted by atomic mass is 16.3. The summed E-state index contributed by atoms with van der Waals surface area (Å²) < 4.78 is 0. The van der Waals surface area contributed by atoms with Crippen molar-refractivity contribution in [3.63, 3.8) is 0 Å².